The Morgan fingerprint density at radius 2 is 2.00 bits per heavy atom. The number of ether oxygens (including phenoxy) is 1. The standard InChI is InChI=1S/C14H26N2O2.ClH/c17-14(12-7-9-15-11-12)16-8-4-10-18-13-5-2-1-3-6-13;/h12-13,15H,1-11H2,(H,16,17);1H. The zero-order valence-electron chi connectivity index (χ0n) is 11.7. The molecule has 1 unspecified atom stereocenters. The molecule has 4 nitrogen and oxygen atoms in total. The van der Waals surface area contributed by atoms with E-state index in [4.69, 9.17) is 4.74 Å². The number of rotatable bonds is 6. The van der Waals surface area contributed by atoms with Crippen molar-refractivity contribution in [1.29, 1.82) is 0 Å². The van der Waals surface area contributed by atoms with E-state index < -0.39 is 0 Å². The number of amides is 1. The van der Waals surface area contributed by atoms with E-state index in [0.717, 1.165) is 39.1 Å². The van der Waals surface area contributed by atoms with Gasteiger partial charge < -0.3 is 15.4 Å². The van der Waals surface area contributed by atoms with Crippen LogP contribution in [-0.4, -0.2) is 38.3 Å². The van der Waals surface area contributed by atoms with E-state index in [-0.39, 0.29) is 24.2 Å². The van der Waals surface area contributed by atoms with Gasteiger partial charge in [0.15, 0.2) is 0 Å². The highest BCUT2D eigenvalue weighted by atomic mass is 35.5. The van der Waals surface area contributed by atoms with E-state index in [1.807, 2.05) is 0 Å². The lowest BCUT2D eigenvalue weighted by Crippen LogP contribution is -2.33. The third-order valence-corrected chi connectivity index (χ3v) is 3.96. The van der Waals surface area contributed by atoms with Gasteiger partial charge in [-0.05, 0) is 32.2 Å². The maximum atomic E-state index is 11.7. The molecule has 1 atom stereocenters. The second-order valence-corrected chi connectivity index (χ2v) is 5.47. The lowest BCUT2D eigenvalue weighted by atomic mass is 9.98. The van der Waals surface area contributed by atoms with Crippen molar-refractivity contribution in [3.05, 3.63) is 0 Å². The summed E-state index contributed by atoms with van der Waals surface area (Å²) in [5.74, 6) is 0.391. The third-order valence-electron chi connectivity index (χ3n) is 3.96. The van der Waals surface area contributed by atoms with Crippen LogP contribution in [0.3, 0.4) is 0 Å². The minimum Gasteiger partial charge on any atom is -0.378 e. The van der Waals surface area contributed by atoms with Crippen molar-refractivity contribution < 1.29 is 9.53 Å². The van der Waals surface area contributed by atoms with Gasteiger partial charge in [0.05, 0.1) is 12.0 Å². The highest BCUT2D eigenvalue weighted by Crippen LogP contribution is 2.20. The summed E-state index contributed by atoms with van der Waals surface area (Å²) in [6.45, 7) is 3.35. The second kappa shape index (κ2) is 9.56. The maximum Gasteiger partial charge on any atom is 0.224 e. The number of carbonyl (C=O) groups is 1. The van der Waals surface area contributed by atoms with E-state index in [9.17, 15) is 4.79 Å². The molecule has 112 valence electrons. The van der Waals surface area contributed by atoms with Crippen molar-refractivity contribution in [2.75, 3.05) is 26.2 Å². The lowest BCUT2D eigenvalue weighted by Gasteiger charge is -2.22. The molecule has 1 heterocycles. The minimum absolute atomic E-state index is 0. The van der Waals surface area contributed by atoms with Crippen LogP contribution in [0.15, 0.2) is 0 Å². The highest BCUT2D eigenvalue weighted by molar-refractivity contribution is 5.85. The summed E-state index contributed by atoms with van der Waals surface area (Å²) in [5.41, 5.74) is 0. The predicted octanol–water partition coefficient (Wildman–Crippen LogP) is 1.87. The lowest BCUT2D eigenvalue weighted by molar-refractivity contribution is -0.124. The van der Waals surface area contributed by atoms with Gasteiger partial charge in [0.2, 0.25) is 5.91 Å². The van der Waals surface area contributed by atoms with Crippen LogP contribution in [0.25, 0.3) is 0 Å². The topological polar surface area (TPSA) is 50.4 Å². The summed E-state index contributed by atoms with van der Waals surface area (Å²) >= 11 is 0. The van der Waals surface area contributed by atoms with Crippen molar-refractivity contribution in [1.82, 2.24) is 10.6 Å². The molecule has 1 saturated heterocycles. The van der Waals surface area contributed by atoms with Crippen LogP contribution >= 0.6 is 12.4 Å². The van der Waals surface area contributed by atoms with Crippen LogP contribution in [0.2, 0.25) is 0 Å². The number of carbonyl (C=O) groups excluding carboxylic acids is 1. The summed E-state index contributed by atoms with van der Waals surface area (Å²) in [4.78, 5) is 11.7. The van der Waals surface area contributed by atoms with Crippen molar-refractivity contribution in [3.8, 4) is 0 Å². The van der Waals surface area contributed by atoms with Crippen molar-refractivity contribution in [2.45, 2.75) is 51.0 Å². The molecule has 0 spiro atoms. The Morgan fingerprint density at radius 1 is 1.21 bits per heavy atom. The van der Waals surface area contributed by atoms with Crippen LogP contribution in [-0.2, 0) is 9.53 Å². The SMILES string of the molecule is Cl.O=C(NCCCOC1CCCCC1)C1CCNC1. The molecule has 19 heavy (non-hydrogen) atoms. The zero-order chi connectivity index (χ0) is 12.6. The van der Waals surface area contributed by atoms with Gasteiger partial charge >= 0.3 is 0 Å². The molecule has 2 rings (SSSR count). The molecular formula is C14H27ClN2O2. The quantitative estimate of drug-likeness (QED) is 0.734. The van der Waals surface area contributed by atoms with Crippen molar-refractivity contribution in [2.24, 2.45) is 5.92 Å². The first-order chi connectivity index (χ1) is 8.86. The van der Waals surface area contributed by atoms with Crippen LogP contribution in [0, 0.1) is 5.92 Å². The first-order valence-corrected chi connectivity index (χ1v) is 7.46. The normalized spacial score (nSPS) is 23.9. The Kier molecular flexibility index (Phi) is 8.42. The van der Waals surface area contributed by atoms with Crippen molar-refractivity contribution >= 4 is 18.3 Å². The van der Waals surface area contributed by atoms with Crippen molar-refractivity contribution in [3.63, 3.8) is 0 Å². The van der Waals surface area contributed by atoms with Gasteiger partial charge in [-0.1, -0.05) is 19.3 Å². The van der Waals surface area contributed by atoms with E-state index >= 15 is 0 Å². The zero-order valence-corrected chi connectivity index (χ0v) is 12.5. The van der Waals surface area contributed by atoms with Gasteiger partial charge in [-0.15, -0.1) is 12.4 Å². The first-order valence-electron chi connectivity index (χ1n) is 7.46. The monoisotopic (exact) mass is 290 g/mol. The molecule has 2 aliphatic rings. The Balaban J connectivity index is 0.00000180. The Labute approximate surface area is 122 Å². The second-order valence-electron chi connectivity index (χ2n) is 5.47. The summed E-state index contributed by atoms with van der Waals surface area (Å²) < 4.78 is 5.83. The minimum atomic E-state index is 0. The Morgan fingerprint density at radius 3 is 2.68 bits per heavy atom. The fourth-order valence-electron chi connectivity index (χ4n) is 2.79. The summed E-state index contributed by atoms with van der Waals surface area (Å²) in [5, 5.41) is 6.22. The molecule has 0 bridgehead atoms. The molecule has 1 amide bonds. The summed E-state index contributed by atoms with van der Waals surface area (Å²) in [6, 6.07) is 0. The number of hydrogen-bond donors (Lipinski definition) is 2. The van der Waals surface area contributed by atoms with Crippen LogP contribution in [0.1, 0.15) is 44.9 Å². The van der Waals surface area contributed by atoms with Crippen LogP contribution < -0.4 is 10.6 Å². The predicted molar refractivity (Wildman–Crippen MR) is 78.7 cm³/mol. The molecule has 0 aromatic rings. The largest absolute Gasteiger partial charge is 0.378 e. The molecular weight excluding hydrogens is 264 g/mol. The third kappa shape index (κ3) is 6.11. The fourth-order valence-corrected chi connectivity index (χ4v) is 2.79. The molecule has 0 aromatic carbocycles. The van der Waals surface area contributed by atoms with Gasteiger partial charge in [-0.25, -0.2) is 0 Å². The molecule has 2 fully saturated rings. The maximum absolute atomic E-state index is 11.7. The molecule has 1 saturated carbocycles. The van der Waals surface area contributed by atoms with E-state index in [1.54, 1.807) is 0 Å². The van der Waals surface area contributed by atoms with E-state index in [1.165, 1.54) is 32.1 Å². The van der Waals surface area contributed by atoms with Crippen LogP contribution in [0.5, 0.6) is 0 Å². The number of nitrogens with one attached hydrogen (secondary N) is 2. The molecule has 0 radical (unpaired) electrons. The number of hydrogen-bond acceptors (Lipinski definition) is 3. The van der Waals surface area contributed by atoms with Gasteiger partial charge in [0.1, 0.15) is 0 Å². The average Bonchev–Trinajstić information content (AvgIpc) is 2.93. The molecule has 1 aliphatic heterocycles. The molecule has 1 aliphatic carbocycles. The Hall–Kier alpha value is -0.320. The van der Waals surface area contributed by atoms with Gasteiger partial charge in [-0.3, -0.25) is 4.79 Å². The first kappa shape index (κ1) is 16.7. The van der Waals surface area contributed by atoms with E-state index in [0.29, 0.717) is 6.10 Å². The van der Waals surface area contributed by atoms with Gasteiger partial charge in [-0.2, -0.15) is 0 Å². The number of halogens is 1. The fraction of sp³-hybridized carbons (Fsp3) is 0.929. The summed E-state index contributed by atoms with van der Waals surface area (Å²) in [6.07, 6.45) is 8.83. The van der Waals surface area contributed by atoms with Crippen LogP contribution in [0.4, 0.5) is 0 Å². The van der Waals surface area contributed by atoms with Gasteiger partial charge in [0, 0.05) is 19.7 Å². The highest BCUT2D eigenvalue weighted by Gasteiger charge is 2.21. The molecule has 5 heteroatoms. The molecule has 2 N–H and O–H groups in total. The Bertz CT molecular complexity index is 252. The average molecular weight is 291 g/mol. The van der Waals surface area contributed by atoms with Gasteiger partial charge in [0.25, 0.3) is 0 Å². The smallest absolute Gasteiger partial charge is 0.224 e. The summed E-state index contributed by atoms with van der Waals surface area (Å²) in [7, 11) is 0. The van der Waals surface area contributed by atoms with E-state index in [2.05, 4.69) is 10.6 Å². The molecule has 0 aromatic heterocycles.